The lowest BCUT2D eigenvalue weighted by Crippen LogP contribution is -2.32. The quantitative estimate of drug-likeness (QED) is 0.851. The molecule has 0 bridgehead atoms. The van der Waals surface area contributed by atoms with Gasteiger partial charge in [0.25, 0.3) is 0 Å². The zero-order valence-electron chi connectivity index (χ0n) is 7.93. The predicted octanol–water partition coefficient (Wildman–Crippen LogP) is 3.24. The fourth-order valence-electron chi connectivity index (χ4n) is 1.89. The molecule has 0 aromatic heterocycles. The number of phenols is 1. The molecule has 1 aromatic carbocycles. The zero-order chi connectivity index (χ0) is 11.1. The van der Waals surface area contributed by atoms with Gasteiger partial charge in [0.15, 0.2) is 0 Å². The monoisotopic (exact) mass is 269 g/mol. The number of benzene rings is 1. The SMILES string of the molecule is N#CC1(c2cc(Br)c(F)cc2O)CCC1. The Kier molecular flexibility index (Phi) is 2.43. The molecule has 1 saturated carbocycles. The van der Waals surface area contributed by atoms with E-state index < -0.39 is 11.2 Å². The Balaban J connectivity index is 2.54. The van der Waals surface area contributed by atoms with E-state index in [0.29, 0.717) is 5.56 Å². The second kappa shape index (κ2) is 3.49. The lowest BCUT2D eigenvalue weighted by molar-refractivity contribution is 0.310. The van der Waals surface area contributed by atoms with Crippen LogP contribution in [0.1, 0.15) is 24.8 Å². The first-order valence-electron chi connectivity index (χ1n) is 4.69. The predicted molar refractivity (Wildman–Crippen MR) is 56.9 cm³/mol. The summed E-state index contributed by atoms with van der Waals surface area (Å²) in [5.74, 6) is -0.638. The molecular weight excluding hydrogens is 261 g/mol. The Morgan fingerprint density at radius 1 is 1.47 bits per heavy atom. The van der Waals surface area contributed by atoms with Crippen LogP contribution in [0.3, 0.4) is 0 Å². The molecule has 2 rings (SSSR count). The van der Waals surface area contributed by atoms with Crippen LogP contribution in [0.15, 0.2) is 16.6 Å². The van der Waals surface area contributed by atoms with Gasteiger partial charge in [-0.15, -0.1) is 0 Å². The Bertz CT molecular complexity index is 449. The average molecular weight is 270 g/mol. The highest BCUT2D eigenvalue weighted by Crippen LogP contribution is 2.47. The van der Waals surface area contributed by atoms with Gasteiger partial charge in [0, 0.05) is 11.6 Å². The van der Waals surface area contributed by atoms with E-state index in [1.165, 1.54) is 6.07 Å². The van der Waals surface area contributed by atoms with Gasteiger partial charge in [-0.2, -0.15) is 5.26 Å². The van der Waals surface area contributed by atoms with Crippen molar-refractivity contribution in [3.8, 4) is 11.8 Å². The maximum absolute atomic E-state index is 13.1. The minimum Gasteiger partial charge on any atom is -0.508 e. The van der Waals surface area contributed by atoms with Crippen molar-refractivity contribution in [2.75, 3.05) is 0 Å². The number of rotatable bonds is 1. The first kappa shape index (κ1) is 10.4. The van der Waals surface area contributed by atoms with Gasteiger partial charge in [-0.25, -0.2) is 4.39 Å². The third-order valence-electron chi connectivity index (χ3n) is 2.98. The maximum Gasteiger partial charge on any atom is 0.141 e. The van der Waals surface area contributed by atoms with Crippen LogP contribution in [0, 0.1) is 17.1 Å². The van der Waals surface area contributed by atoms with E-state index in [1.807, 2.05) is 0 Å². The van der Waals surface area contributed by atoms with Gasteiger partial charge in [-0.3, -0.25) is 0 Å². The molecule has 0 aliphatic heterocycles. The molecule has 2 nitrogen and oxygen atoms in total. The van der Waals surface area contributed by atoms with Crippen molar-refractivity contribution in [2.24, 2.45) is 0 Å². The van der Waals surface area contributed by atoms with Crippen LogP contribution in [0.4, 0.5) is 4.39 Å². The highest BCUT2D eigenvalue weighted by Gasteiger charge is 2.41. The highest BCUT2D eigenvalue weighted by atomic mass is 79.9. The molecule has 1 aliphatic carbocycles. The number of hydrogen-bond donors (Lipinski definition) is 1. The van der Waals surface area contributed by atoms with E-state index in [4.69, 9.17) is 5.26 Å². The van der Waals surface area contributed by atoms with E-state index in [0.717, 1.165) is 25.3 Å². The number of nitriles is 1. The lowest BCUT2D eigenvalue weighted by Gasteiger charge is -2.36. The van der Waals surface area contributed by atoms with Crippen LogP contribution in [0.5, 0.6) is 5.75 Å². The molecule has 0 amide bonds. The molecule has 0 spiro atoms. The van der Waals surface area contributed by atoms with Crippen molar-refractivity contribution >= 4 is 15.9 Å². The van der Waals surface area contributed by atoms with Crippen molar-refractivity contribution < 1.29 is 9.50 Å². The Labute approximate surface area is 95.5 Å². The Hall–Kier alpha value is -1.08. The average Bonchev–Trinajstić information content (AvgIpc) is 2.12. The molecular formula is C11H9BrFNO. The second-order valence-electron chi connectivity index (χ2n) is 3.83. The van der Waals surface area contributed by atoms with Crippen LogP contribution in [-0.4, -0.2) is 5.11 Å². The minimum atomic E-state index is -0.611. The Morgan fingerprint density at radius 2 is 2.13 bits per heavy atom. The van der Waals surface area contributed by atoms with Gasteiger partial charge in [0.05, 0.1) is 16.0 Å². The van der Waals surface area contributed by atoms with Gasteiger partial charge in [0.1, 0.15) is 11.6 Å². The normalized spacial score (nSPS) is 17.9. The van der Waals surface area contributed by atoms with Crippen molar-refractivity contribution in [2.45, 2.75) is 24.7 Å². The molecule has 0 heterocycles. The standard InChI is InChI=1S/C11H9BrFNO/c12-8-4-7(10(15)5-9(8)13)11(6-14)2-1-3-11/h4-5,15H,1-3H2. The van der Waals surface area contributed by atoms with E-state index >= 15 is 0 Å². The van der Waals surface area contributed by atoms with Gasteiger partial charge in [0.2, 0.25) is 0 Å². The second-order valence-corrected chi connectivity index (χ2v) is 4.69. The summed E-state index contributed by atoms with van der Waals surface area (Å²) in [5, 5.41) is 18.7. The molecule has 0 unspecified atom stereocenters. The van der Waals surface area contributed by atoms with E-state index in [2.05, 4.69) is 22.0 Å². The summed E-state index contributed by atoms with van der Waals surface area (Å²) in [6.45, 7) is 0. The number of halogens is 2. The molecule has 0 saturated heterocycles. The van der Waals surface area contributed by atoms with Crippen molar-refractivity contribution in [3.63, 3.8) is 0 Å². The van der Waals surface area contributed by atoms with Crippen LogP contribution in [0.2, 0.25) is 0 Å². The van der Waals surface area contributed by atoms with Crippen molar-refractivity contribution in [1.29, 1.82) is 5.26 Å². The van der Waals surface area contributed by atoms with Crippen molar-refractivity contribution in [3.05, 3.63) is 28.0 Å². The third-order valence-corrected chi connectivity index (χ3v) is 3.58. The summed E-state index contributed by atoms with van der Waals surface area (Å²) in [4.78, 5) is 0. The summed E-state index contributed by atoms with van der Waals surface area (Å²) < 4.78 is 13.4. The van der Waals surface area contributed by atoms with Gasteiger partial charge >= 0.3 is 0 Å². The third kappa shape index (κ3) is 1.51. The van der Waals surface area contributed by atoms with Crippen LogP contribution < -0.4 is 0 Å². The number of nitrogens with zero attached hydrogens (tertiary/aromatic N) is 1. The van der Waals surface area contributed by atoms with Crippen LogP contribution >= 0.6 is 15.9 Å². The van der Waals surface area contributed by atoms with Gasteiger partial charge in [-0.1, -0.05) is 0 Å². The molecule has 0 atom stereocenters. The zero-order valence-corrected chi connectivity index (χ0v) is 9.51. The van der Waals surface area contributed by atoms with Crippen molar-refractivity contribution in [1.82, 2.24) is 0 Å². The highest BCUT2D eigenvalue weighted by molar-refractivity contribution is 9.10. The molecule has 1 N–H and O–H groups in total. The molecule has 1 aromatic rings. The minimum absolute atomic E-state index is 0.128. The summed E-state index contributed by atoms with van der Waals surface area (Å²) in [6, 6.07) is 4.77. The largest absolute Gasteiger partial charge is 0.508 e. The molecule has 1 aliphatic rings. The summed E-state index contributed by atoms with van der Waals surface area (Å²) in [5.41, 5.74) is -0.0788. The molecule has 1 fully saturated rings. The van der Waals surface area contributed by atoms with E-state index in [9.17, 15) is 9.50 Å². The topological polar surface area (TPSA) is 44.0 Å². The fraction of sp³-hybridized carbons (Fsp3) is 0.364. The number of hydrogen-bond acceptors (Lipinski definition) is 2. The van der Waals surface area contributed by atoms with E-state index in [-0.39, 0.29) is 10.2 Å². The molecule has 78 valence electrons. The number of phenolic OH excluding ortho intramolecular Hbond substituents is 1. The number of aromatic hydroxyl groups is 1. The summed E-state index contributed by atoms with van der Waals surface area (Å²) >= 11 is 3.06. The summed E-state index contributed by atoms with van der Waals surface area (Å²) in [6.07, 6.45) is 2.44. The molecule has 4 heteroatoms. The Morgan fingerprint density at radius 3 is 2.60 bits per heavy atom. The molecule has 15 heavy (non-hydrogen) atoms. The fourth-order valence-corrected chi connectivity index (χ4v) is 2.23. The lowest BCUT2D eigenvalue weighted by atomic mass is 9.65. The van der Waals surface area contributed by atoms with Gasteiger partial charge < -0.3 is 5.11 Å². The first-order chi connectivity index (χ1) is 7.09. The van der Waals surface area contributed by atoms with Gasteiger partial charge in [-0.05, 0) is 41.3 Å². The smallest absolute Gasteiger partial charge is 0.141 e. The summed E-state index contributed by atoms with van der Waals surface area (Å²) in [7, 11) is 0. The van der Waals surface area contributed by atoms with E-state index in [1.54, 1.807) is 0 Å². The molecule has 0 radical (unpaired) electrons. The van der Waals surface area contributed by atoms with Crippen LogP contribution in [0.25, 0.3) is 0 Å². The van der Waals surface area contributed by atoms with Crippen LogP contribution in [-0.2, 0) is 5.41 Å². The maximum atomic E-state index is 13.1. The first-order valence-corrected chi connectivity index (χ1v) is 5.48.